The lowest BCUT2D eigenvalue weighted by Crippen LogP contribution is -2.14. The molecule has 0 saturated carbocycles. The third kappa shape index (κ3) is 4.69. The summed E-state index contributed by atoms with van der Waals surface area (Å²) in [7, 11) is 4.16. The summed E-state index contributed by atoms with van der Waals surface area (Å²) in [4.78, 5) is 3.44. The number of nitrogens with zero attached hydrogens (tertiary/aromatic N) is 1. The average molecular weight is 225 g/mol. The monoisotopic (exact) mass is 225 g/mol. The Labute approximate surface area is 96.3 Å². The van der Waals surface area contributed by atoms with Gasteiger partial charge in [0.25, 0.3) is 0 Å². The van der Waals surface area contributed by atoms with Gasteiger partial charge in [-0.3, -0.25) is 0 Å². The van der Waals surface area contributed by atoms with Gasteiger partial charge in [-0.2, -0.15) is 0 Å². The second-order valence-corrected chi connectivity index (χ2v) is 5.07. The number of benzene rings is 1. The smallest absolute Gasteiger partial charge is 0.0761 e. The van der Waals surface area contributed by atoms with E-state index < -0.39 is 0 Å². The molecule has 1 aromatic rings. The highest BCUT2D eigenvalue weighted by molar-refractivity contribution is 7.99. The topological polar surface area (TPSA) is 23.5 Å². The highest BCUT2D eigenvalue weighted by atomic mass is 32.2. The molecule has 2 nitrogen and oxygen atoms in total. The molecule has 0 amide bonds. The zero-order valence-electron chi connectivity index (χ0n) is 9.60. The van der Waals surface area contributed by atoms with Crippen LogP contribution in [0.15, 0.2) is 29.2 Å². The van der Waals surface area contributed by atoms with Crippen LogP contribution in [0.3, 0.4) is 0 Å². The zero-order chi connectivity index (χ0) is 11.3. The first-order valence-electron chi connectivity index (χ1n) is 5.15. The maximum Gasteiger partial charge on any atom is 0.0761 e. The van der Waals surface area contributed by atoms with Crippen molar-refractivity contribution in [3.05, 3.63) is 29.8 Å². The Bertz CT molecular complexity index is 282. The highest BCUT2D eigenvalue weighted by Gasteiger charge is 2.00. The van der Waals surface area contributed by atoms with Gasteiger partial charge in [0.05, 0.1) is 6.10 Å². The van der Waals surface area contributed by atoms with Crippen LogP contribution in [0.25, 0.3) is 0 Å². The van der Waals surface area contributed by atoms with E-state index in [9.17, 15) is 5.11 Å². The number of rotatable bonds is 5. The van der Waals surface area contributed by atoms with Crippen molar-refractivity contribution in [2.24, 2.45) is 0 Å². The normalized spacial score (nSPS) is 13.1. The second kappa shape index (κ2) is 6.16. The summed E-state index contributed by atoms with van der Waals surface area (Å²) in [6.07, 6.45) is -0.370. The van der Waals surface area contributed by atoms with Gasteiger partial charge in [0.2, 0.25) is 0 Å². The van der Waals surface area contributed by atoms with Crippen LogP contribution in [0.5, 0.6) is 0 Å². The molecule has 0 heterocycles. The molecular formula is C12H19NOS. The van der Waals surface area contributed by atoms with Crippen LogP contribution in [-0.4, -0.2) is 36.4 Å². The lowest BCUT2D eigenvalue weighted by Gasteiger charge is -2.09. The van der Waals surface area contributed by atoms with Crippen LogP contribution in [0.2, 0.25) is 0 Å². The SMILES string of the molecule is C[C@@H](O)c1ccc(SCCN(C)C)cc1. The minimum Gasteiger partial charge on any atom is -0.389 e. The number of hydrogen-bond donors (Lipinski definition) is 1. The van der Waals surface area contributed by atoms with Crippen molar-refractivity contribution in [3.63, 3.8) is 0 Å². The van der Waals surface area contributed by atoms with Crippen LogP contribution in [0, 0.1) is 0 Å². The van der Waals surface area contributed by atoms with E-state index in [2.05, 4.69) is 31.1 Å². The number of hydrogen-bond acceptors (Lipinski definition) is 3. The van der Waals surface area contributed by atoms with Crippen LogP contribution >= 0.6 is 11.8 Å². The molecule has 1 rings (SSSR count). The maximum atomic E-state index is 9.35. The van der Waals surface area contributed by atoms with Crippen molar-refractivity contribution in [2.45, 2.75) is 17.9 Å². The van der Waals surface area contributed by atoms with Gasteiger partial charge in [-0.25, -0.2) is 0 Å². The van der Waals surface area contributed by atoms with Crippen molar-refractivity contribution in [3.8, 4) is 0 Å². The molecule has 0 aromatic heterocycles. The molecule has 0 fully saturated rings. The van der Waals surface area contributed by atoms with E-state index in [0.29, 0.717) is 0 Å². The Balaban J connectivity index is 2.43. The molecule has 0 aliphatic carbocycles. The summed E-state index contributed by atoms with van der Waals surface area (Å²) in [5.41, 5.74) is 0.979. The van der Waals surface area contributed by atoms with E-state index in [1.165, 1.54) is 4.90 Å². The van der Waals surface area contributed by atoms with Gasteiger partial charge in [0.1, 0.15) is 0 Å². The predicted octanol–water partition coefficient (Wildman–Crippen LogP) is 2.39. The Kier molecular flexibility index (Phi) is 5.15. The van der Waals surface area contributed by atoms with Crippen molar-refractivity contribution in [2.75, 3.05) is 26.4 Å². The average Bonchev–Trinajstić information content (AvgIpc) is 2.18. The summed E-state index contributed by atoms with van der Waals surface area (Å²) >= 11 is 1.85. The number of aliphatic hydroxyl groups is 1. The Hall–Kier alpha value is -0.510. The third-order valence-corrected chi connectivity index (χ3v) is 3.16. The minimum atomic E-state index is -0.370. The second-order valence-electron chi connectivity index (χ2n) is 3.90. The molecular weight excluding hydrogens is 206 g/mol. The number of aliphatic hydroxyl groups excluding tert-OH is 1. The molecule has 0 aliphatic heterocycles. The minimum absolute atomic E-state index is 0.370. The molecule has 1 atom stereocenters. The molecule has 0 unspecified atom stereocenters. The molecule has 15 heavy (non-hydrogen) atoms. The fourth-order valence-electron chi connectivity index (χ4n) is 1.19. The van der Waals surface area contributed by atoms with Gasteiger partial charge >= 0.3 is 0 Å². The fraction of sp³-hybridized carbons (Fsp3) is 0.500. The Morgan fingerprint density at radius 1 is 1.27 bits per heavy atom. The quantitative estimate of drug-likeness (QED) is 0.778. The van der Waals surface area contributed by atoms with E-state index in [0.717, 1.165) is 17.9 Å². The van der Waals surface area contributed by atoms with Crippen LogP contribution < -0.4 is 0 Å². The van der Waals surface area contributed by atoms with Crippen LogP contribution in [0.1, 0.15) is 18.6 Å². The van der Waals surface area contributed by atoms with Gasteiger partial charge < -0.3 is 10.0 Å². The molecule has 3 heteroatoms. The lowest BCUT2D eigenvalue weighted by molar-refractivity contribution is 0.199. The molecule has 0 aliphatic rings. The summed E-state index contributed by atoms with van der Waals surface area (Å²) in [5, 5.41) is 9.35. The maximum absolute atomic E-state index is 9.35. The third-order valence-electron chi connectivity index (χ3n) is 2.17. The van der Waals surface area contributed by atoms with Crippen LogP contribution in [0.4, 0.5) is 0 Å². The largest absolute Gasteiger partial charge is 0.389 e. The van der Waals surface area contributed by atoms with Gasteiger partial charge in [-0.15, -0.1) is 11.8 Å². The predicted molar refractivity (Wildman–Crippen MR) is 66.4 cm³/mol. The summed E-state index contributed by atoms with van der Waals surface area (Å²) < 4.78 is 0. The number of thioether (sulfide) groups is 1. The summed E-state index contributed by atoms with van der Waals surface area (Å²) in [5.74, 6) is 1.10. The van der Waals surface area contributed by atoms with Gasteiger partial charge in [-0.05, 0) is 38.7 Å². The first-order valence-corrected chi connectivity index (χ1v) is 6.13. The molecule has 0 bridgehead atoms. The highest BCUT2D eigenvalue weighted by Crippen LogP contribution is 2.20. The van der Waals surface area contributed by atoms with E-state index in [-0.39, 0.29) is 6.10 Å². The first-order chi connectivity index (χ1) is 7.09. The fourth-order valence-corrected chi connectivity index (χ4v) is 2.21. The van der Waals surface area contributed by atoms with Gasteiger partial charge in [0, 0.05) is 17.2 Å². The first kappa shape index (κ1) is 12.6. The molecule has 0 saturated heterocycles. The molecule has 1 N–H and O–H groups in total. The van der Waals surface area contributed by atoms with Crippen molar-refractivity contribution in [1.29, 1.82) is 0 Å². The Morgan fingerprint density at radius 3 is 2.33 bits per heavy atom. The lowest BCUT2D eigenvalue weighted by atomic mass is 10.1. The van der Waals surface area contributed by atoms with Crippen molar-refractivity contribution in [1.82, 2.24) is 4.90 Å². The van der Waals surface area contributed by atoms with E-state index in [4.69, 9.17) is 0 Å². The molecule has 0 radical (unpaired) electrons. The van der Waals surface area contributed by atoms with E-state index in [1.807, 2.05) is 23.9 Å². The Morgan fingerprint density at radius 2 is 1.87 bits per heavy atom. The summed E-state index contributed by atoms with van der Waals surface area (Å²) in [6, 6.07) is 8.12. The standard InChI is InChI=1S/C12H19NOS/c1-10(14)11-4-6-12(7-5-11)15-9-8-13(2)3/h4-7,10,14H,8-9H2,1-3H3/t10-/m1/s1. The van der Waals surface area contributed by atoms with E-state index >= 15 is 0 Å². The van der Waals surface area contributed by atoms with Gasteiger partial charge in [-0.1, -0.05) is 12.1 Å². The van der Waals surface area contributed by atoms with Gasteiger partial charge in [0.15, 0.2) is 0 Å². The zero-order valence-corrected chi connectivity index (χ0v) is 10.4. The summed E-state index contributed by atoms with van der Waals surface area (Å²) in [6.45, 7) is 2.87. The van der Waals surface area contributed by atoms with Crippen molar-refractivity contribution >= 4 is 11.8 Å². The van der Waals surface area contributed by atoms with Crippen LogP contribution in [-0.2, 0) is 0 Å². The molecule has 1 aromatic carbocycles. The molecule has 0 spiro atoms. The molecule has 84 valence electrons. The van der Waals surface area contributed by atoms with E-state index in [1.54, 1.807) is 6.92 Å². The van der Waals surface area contributed by atoms with Crippen molar-refractivity contribution < 1.29 is 5.11 Å².